The summed E-state index contributed by atoms with van der Waals surface area (Å²) in [4.78, 5) is 8.76. The van der Waals surface area contributed by atoms with Gasteiger partial charge in [-0.2, -0.15) is 0 Å². The third-order valence-electron chi connectivity index (χ3n) is 3.51. The molecule has 21 heavy (non-hydrogen) atoms. The summed E-state index contributed by atoms with van der Waals surface area (Å²) in [7, 11) is 3.66. The fraction of sp³-hybridized carbons (Fsp3) is 0.250. The van der Waals surface area contributed by atoms with Crippen LogP contribution in [-0.4, -0.2) is 28.2 Å². The van der Waals surface area contributed by atoms with Gasteiger partial charge >= 0.3 is 0 Å². The van der Waals surface area contributed by atoms with E-state index in [9.17, 15) is 0 Å². The summed E-state index contributed by atoms with van der Waals surface area (Å²) in [5.74, 6) is 1.72. The minimum Gasteiger partial charge on any atom is -0.497 e. The number of nitrogens with one attached hydrogen (secondary N) is 1. The van der Waals surface area contributed by atoms with E-state index in [1.165, 1.54) is 5.56 Å². The van der Waals surface area contributed by atoms with Gasteiger partial charge in [0.15, 0.2) is 5.82 Å². The Kier molecular flexibility index (Phi) is 3.73. The largest absolute Gasteiger partial charge is 0.497 e. The molecule has 2 heterocycles. The fourth-order valence-corrected chi connectivity index (χ4v) is 2.31. The minimum absolute atomic E-state index is 0.815. The Bertz CT molecular complexity index is 734. The number of pyridine rings is 1. The van der Waals surface area contributed by atoms with Crippen LogP contribution >= 0.6 is 0 Å². The average molecular weight is 282 g/mol. The van der Waals surface area contributed by atoms with Crippen LogP contribution in [-0.2, 0) is 13.5 Å². The number of aryl methyl sites for hydroxylation is 1. The molecule has 0 spiro atoms. The lowest BCUT2D eigenvalue weighted by Crippen LogP contribution is -2.06. The lowest BCUT2D eigenvalue weighted by molar-refractivity contribution is 0.414. The molecule has 0 bridgehead atoms. The second-order valence-corrected chi connectivity index (χ2v) is 4.91. The molecule has 5 heteroatoms. The molecule has 5 nitrogen and oxygen atoms in total. The standard InChI is InChI=1S/C16H18N4O/c1-20-11-19-15-14(20)8-10-18-16(15)17-9-7-12-3-5-13(21-2)6-4-12/h3-6,8,10-11H,7,9H2,1-2H3,(H,17,18). The van der Waals surface area contributed by atoms with Crippen LogP contribution in [0.3, 0.4) is 0 Å². The first-order valence-electron chi connectivity index (χ1n) is 6.91. The van der Waals surface area contributed by atoms with Crippen LogP contribution in [0.5, 0.6) is 5.75 Å². The maximum absolute atomic E-state index is 5.16. The molecule has 3 rings (SSSR count). The summed E-state index contributed by atoms with van der Waals surface area (Å²) in [6.07, 6.45) is 4.54. The van der Waals surface area contributed by atoms with E-state index in [0.29, 0.717) is 0 Å². The van der Waals surface area contributed by atoms with Crippen LogP contribution in [0.4, 0.5) is 5.82 Å². The first-order valence-corrected chi connectivity index (χ1v) is 6.91. The van der Waals surface area contributed by atoms with Gasteiger partial charge in [-0.25, -0.2) is 9.97 Å². The number of hydrogen-bond donors (Lipinski definition) is 1. The van der Waals surface area contributed by atoms with Gasteiger partial charge in [-0.3, -0.25) is 0 Å². The van der Waals surface area contributed by atoms with Crippen molar-refractivity contribution in [3.05, 3.63) is 48.4 Å². The first kappa shape index (κ1) is 13.4. The number of anilines is 1. The van der Waals surface area contributed by atoms with Gasteiger partial charge in [0.1, 0.15) is 11.3 Å². The monoisotopic (exact) mass is 282 g/mol. The third-order valence-corrected chi connectivity index (χ3v) is 3.51. The molecule has 0 radical (unpaired) electrons. The number of aromatic nitrogens is 3. The maximum Gasteiger partial charge on any atom is 0.154 e. The van der Waals surface area contributed by atoms with E-state index < -0.39 is 0 Å². The molecule has 0 unspecified atom stereocenters. The zero-order chi connectivity index (χ0) is 14.7. The molecule has 2 aromatic heterocycles. The number of fused-ring (bicyclic) bond motifs is 1. The predicted molar refractivity (Wildman–Crippen MR) is 83.7 cm³/mol. The average Bonchev–Trinajstić information content (AvgIpc) is 2.91. The highest BCUT2D eigenvalue weighted by molar-refractivity contribution is 5.85. The van der Waals surface area contributed by atoms with Gasteiger partial charge in [-0.1, -0.05) is 12.1 Å². The highest BCUT2D eigenvalue weighted by atomic mass is 16.5. The number of rotatable bonds is 5. The Labute approximate surface area is 123 Å². The van der Waals surface area contributed by atoms with Gasteiger partial charge in [-0.15, -0.1) is 0 Å². The van der Waals surface area contributed by atoms with Crippen molar-refractivity contribution in [2.24, 2.45) is 7.05 Å². The van der Waals surface area contributed by atoms with Crippen LogP contribution in [0.25, 0.3) is 11.0 Å². The molecule has 3 aromatic rings. The first-order chi connectivity index (χ1) is 10.3. The number of benzene rings is 1. The Balaban J connectivity index is 1.66. The molecule has 0 aliphatic carbocycles. The van der Waals surface area contributed by atoms with E-state index in [-0.39, 0.29) is 0 Å². The minimum atomic E-state index is 0.815. The number of imidazole rings is 1. The summed E-state index contributed by atoms with van der Waals surface area (Å²) in [5, 5.41) is 3.36. The molecule has 0 saturated carbocycles. The normalized spacial score (nSPS) is 10.8. The SMILES string of the molecule is COc1ccc(CCNc2nccc3c2ncn3C)cc1. The molecule has 1 N–H and O–H groups in total. The molecule has 0 aliphatic heterocycles. The van der Waals surface area contributed by atoms with Gasteiger partial charge in [0.25, 0.3) is 0 Å². The topological polar surface area (TPSA) is 52.0 Å². The molecule has 108 valence electrons. The smallest absolute Gasteiger partial charge is 0.154 e. The number of methoxy groups -OCH3 is 1. The van der Waals surface area contributed by atoms with Gasteiger partial charge in [-0.05, 0) is 30.2 Å². The summed E-state index contributed by atoms with van der Waals surface area (Å²) >= 11 is 0. The van der Waals surface area contributed by atoms with Crippen LogP contribution in [0.1, 0.15) is 5.56 Å². The van der Waals surface area contributed by atoms with Crippen molar-refractivity contribution in [2.75, 3.05) is 19.0 Å². The van der Waals surface area contributed by atoms with Crippen molar-refractivity contribution in [3.8, 4) is 5.75 Å². The van der Waals surface area contributed by atoms with E-state index >= 15 is 0 Å². The third kappa shape index (κ3) is 2.81. The fourth-order valence-electron chi connectivity index (χ4n) is 2.31. The van der Waals surface area contributed by atoms with Gasteiger partial charge in [0.2, 0.25) is 0 Å². The van der Waals surface area contributed by atoms with Gasteiger partial charge in [0.05, 0.1) is 19.0 Å². The molecule has 1 aromatic carbocycles. The number of hydrogen-bond acceptors (Lipinski definition) is 4. The Morgan fingerprint density at radius 2 is 1.95 bits per heavy atom. The van der Waals surface area contributed by atoms with E-state index in [4.69, 9.17) is 4.74 Å². The summed E-state index contributed by atoms with van der Waals surface area (Å²) in [6, 6.07) is 10.1. The Morgan fingerprint density at radius 3 is 2.71 bits per heavy atom. The van der Waals surface area contributed by atoms with E-state index in [2.05, 4.69) is 27.4 Å². The number of nitrogens with zero attached hydrogens (tertiary/aromatic N) is 3. The molecule has 0 atom stereocenters. The van der Waals surface area contributed by atoms with Crippen molar-refractivity contribution >= 4 is 16.9 Å². The maximum atomic E-state index is 5.16. The molecule has 0 amide bonds. The van der Waals surface area contributed by atoms with Crippen LogP contribution in [0, 0.1) is 0 Å². The summed E-state index contributed by atoms with van der Waals surface area (Å²) < 4.78 is 7.15. The van der Waals surface area contributed by atoms with Crippen molar-refractivity contribution in [1.29, 1.82) is 0 Å². The number of ether oxygens (including phenoxy) is 1. The molecule has 0 fully saturated rings. The summed E-state index contributed by atoms with van der Waals surface area (Å²) in [5.41, 5.74) is 3.25. The van der Waals surface area contributed by atoms with Crippen molar-refractivity contribution in [3.63, 3.8) is 0 Å². The van der Waals surface area contributed by atoms with E-state index in [1.807, 2.05) is 29.8 Å². The van der Waals surface area contributed by atoms with E-state index in [1.54, 1.807) is 19.6 Å². The molecule has 0 aliphatic rings. The van der Waals surface area contributed by atoms with Gasteiger partial charge < -0.3 is 14.6 Å². The quantitative estimate of drug-likeness (QED) is 0.781. The Hall–Kier alpha value is -2.56. The zero-order valence-electron chi connectivity index (χ0n) is 12.2. The van der Waals surface area contributed by atoms with Crippen LogP contribution in [0.2, 0.25) is 0 Å². The lowest BCUT2D eigenvalue weighted by atomic mass is 10.1. The predicted octanol–water partition coefficient (Wildman–Crippen LogP) is 2.63. The molecular weight excluding hydrogens is 264 g/mol. The second-order valence-electron chi connectivity index (χ2n) is 4.91. The van der Waals surface area contributed by atoms with Crippen molar-refractivity contribution in [2.45, 2.75) is 6.42 Å². The lowest BCUT2D eigenvalue weighted by Gasteiger charge is -2.07. The molecule has 0 saturated heterocycles. The second kappa shape index (κ2) is 5.83. The Morgan fingerprint density at radius 1 is 1.14 bits per heavy atom. The molecular formula is C16H18N4O. The van der Waals surface area contributed by atoms with E-state index in [0.717, 1.165) is 35.6 Å². The van der Waals surface area contributed by atoms with Crippen LogP contribution < -0.4 is 10.1 Å². The van der Waals surface area contributed by atoms with Gasteiger partial charge in [0, 0.05) is 19.8 Å². The van der Waals surface area contributed by atoms with Crippen LogP contribution in [0.15, 0.2) is 42.9 Å². The summed E-state index contributed by atoms with van der Waals surface area (Å²) in [6.45, 7) is 0.815. The zero-order valence-corrected chi connectivity index (χ0v) is 12.2. The highest BCUT2D eigenvalue weighted by Crippen LogP contribution is 2.18. The highest BCUT2D eigenvalue weighted by Gasteiger charge is 2.06. The van der Waals surface area contributed by atoms with Crippen molar-refractivity contribution < 1.29 is 4.74 Å². The van der Waals surface area contributed by atoms with Crippen molar-refractivity contribution in [1.82, 2.24) is 14.5 Å².